The van der Waals surface area contributed by atoms with Gasteiger partial charge in [-0.3, -0.25) is 9.89 Å². The van der Waals surface area contributed by atoms with Gasteiger partial charge < -0.3 is 15.0 Å². The number of aryl methyl sites for hydroxylation is 2. The van der Waals surface area contributed by atoms with E-state index >= 15 is 0 Å². The summed E-state index contributed by atoms with van der Waals surface area (Å²) < 4.78 is 5.43. The van der Waals surface area contributed by atoms with Crippen LogP contribution in [0.3, 0.4) is 0 Å². The Morgan fingerprint density at radius 1 is 1.26 bits per heavy atom. The molecule has 2 aromatic rings. The lowest BCUT2D eigenvalue weighted by Gasteiger charge is -2.29. The van der Waals surface area contributed by atoms with Crippen LogP contribution in [-0.2, 0) is 17.7 Å². The van der Waals surface area contributed by atoms with Crippen molar-refractivity contribution in [3.8, 4) is 0 Å². The van der Waals surface area contributed by atoms with E-state index < -0.39 is 5.60 Å². The fourth-order valence-corrected chi connectivity index (χ4v) is 3.15. The van der Waals surface area contributed by atoms with Crippen molar-refractivity contribution in [1.82, 2.24) is 15.1 Å². The summed E-state index contributed by atoms with van der Waals surface area (Å²) in [5.74, 6) is 0.343. The van der Waals surface area contributed by atoms with Crippen molar-refractivity contribution in [2.24, 2.45) is 0 Å². The predicted molar refractivity (Wildman–Crippen MR) is 103 cm³/mol. The lowest BCUT2D eigenvalue weighted by atomic mass is 10.0. The maximum absolute atomic E-state index is 12.6. The third kappa shape index (κ3) is 4.30. The SMILES string of the molecule is Cc1ccc(C(=O)Nc2n[nH]c3c2CCN(C(=O)OC(C)(C)C)C3)c(C)c1. The molecule has 144 valence electrons. The van der Waals surface area contributed by atoms with Gasteiger partial charge in [-0.05, 0) is 52.7 Å². The quantitative estimate of drug-likeness (QED) is 0.846. The van der Waals surface area contributed by atoms with E-state index in [4.69, 9.17) is 4.74 Å². The highest BCUT2D eigenvalue weighted by Crippen LogP contribution is 2.25. The number of carbonyl (C=O) groups excluding carboxylic acids is 2. The van der Waals surface area contributed by atoms with E-state index in [2.05, 4.69) is 15.5 Å². The first-order chi connectivity index (χ1) is 12.6. The van der Waals surface area contributed by atoms with Crippen LogP contribution in [0.2, 0.25) is 0 Å². The molecule has 0 radical (unpaired) electrons. The second-order valence-corrected chi connectivity index (χ2v) is 7.95. The minimum Gasteiger partial charge on any atom is -0.444 e. The highest BCUT2D eigenvalue weighted by molar-refractivity contribution is 6.05. The summed E-state index contributed by atoms with van der Waals surface area (Å²) in [4.78, 5) is 26.5. The summed E-state index contributed by atoms with van der Waals surface area (Å²) in [6, 6.07) is 5.72. The van der Waals surface area contributed by atoms with Gasteiger partial charge in [0, 0.05) is 17.7 Å². The predicted octanol–water partition coefficient (Wildman–Crippen LogP) is 3.57. The average Bonchev–Trinajstić information content (AvgIpc) is 2.95. The molecule has 0 saturated heterocycles. The largest absolute Gasteiger partial charge is 0.444 e. The maximum Gasteiger partial charge on any atom is 0.410 e. The van der Waals surface area contributed by atoms with Gasteiger partial charge in [-0.25, -0.2) is 4.79 Å². The molecule has 3 rings (SSSR count). The van der Waals surface area contributed by atoms with Gasteiger partial charge in [-0.2, -0.15) is 5.10 Å². The summed E-state index contributed by atoms with van der Waals surface area (Å²) in [6.45, 7) is 10.4. The van der Waals surface area contributed by atoms with Crippen molar-refractivity contribution < 1.29 is 14.3 Å². The highest BCUT2D eigenvalue weighted by Gasteiger charge is 2.29. The Labute approximate surface area is 159 Å². The number of nitrogens with one attached hydrogen (secondary N) is 2. The second kappa shape index (κ2) is 7.06. The number of carbonyl (C=O) groups is 2. The Morgan fingerprint density at radius 2 is 2.00 bits per heavy atom. The topological polar surface area (TPSA) is 87.3 Å². The zero-order valence-electron chi connectivity index (χ0n) is 16.5. The molecule has 0 fully saturated rings. The number of aromatic nitrogens is 2. The zero-order valence-corrected chi connectivity index (χ0v) is 16.5. The van der Waals surface area contributed by atoms with Gasteiger partial charge in [-0.15, -0.1) is 0 Å². The van der Waals surface area contributed by atoms with Crippen LogP contribution >= 0.6 is 0 Å². The molecule has 0 atom stereocenters. The molecule has 0 bridgehead atoms. The number of rotatable bonds is 2. The molecule has 2 N–H and O–H groups in total. The minimum absolute atomic E-state index is 0.184. The van der Waals surface area contributed by atoms with Gasteiger partial charge in [0.15, 0.2) is 5.82 Å². The van der Waals surface area contributed by atoms with Crippen LogP contribution in [0.15, 0.2) is 18.2 Å². The molecule has 0 spiro atoms. The van der Waals surface area contributed by atoms with Crippen molar-refractivity contribution in [2.75, 3.05) is 11.9 Å². The van der Waals surface area contributed by atoms with Crippen molar-refractivity contribution in [1.29, 1.82) is 0 Å². The van der Waals surface area contributed by atoms with Crippen LogP contribution in [0.1, 0.15) is 53.5 Å². The molecule has 2 heterocycles. The van der Waals surface area contributed by atoms with E-state index in [1.54, 1.807) is 4.90 Å². The summed E-state index contributed by atoms with van der Waals surface area (Å²) in [6.07, 6.45) is 0.261. The zero-order chi connectivity index (χ0) is 19.8. The van der Waals surface area contributed by atoms with Gasteiger partial charge in [0.1, 0.15) is 5.60 Å². The molecule has 1 aliphatic rings. The molecule has 27 heavy (non-hydrogen) atoms. The molecule has 0 saturated carbocycles. The van der Waals surface area contributed by atoms with Gasteiger partial charge in [-0.1, -0.05) is 17.7 Å². The third-order valence-corrected chi connectivity index (χ3v) is 4.44. The Hall–Kier alpha value is -2.83. The number of aromatic amines is 1. The molecule has 1 aromatic carbocycles. The van der Waals surface area contributed by atoms with Gasteiger partial charge in [0.05, 0.1) is 12.2 Å². The number of hydrogen-bond donors (Lipinski definition) is 2. The number of hydrogen-bond acceptors (Lipinski definition) is 4. The van der Waals surface area contributed by atoms with E-state index in [0.717, 1.165) is 22.4 Å². The maximum atomic E-state index is 12.6. The molecule has 7 heteroatoms. The fourth-order valence-electron chi connectivity index (χ4n) is 3.15. The number of nitrogens with zero attached hydrogens (tertiary/aromatic N) is 2. The summed E-state index contributed by atoms with van der Waals surface area (Å²) in [5.41, 5.74) is 3.90. The van der Waals surface area contributed by atoms with Gasteiger partial charge in [0.2, 0.25) is 0 Å². The average molecular weight is 370 g/mol. The van der Waals surface area contributed by atoms with Crippen LogP contribution in [0, 0.1) is 13.8 Å². The summed E-state index contributed by atoms with van der Waals surface area (Å²) >= 11 is 0. The first-order valence-corrected chi connectivity index (χ1v) is 9.06. The van der Waals surface area contributed by atoms with Crippen molar-refractivity contribution in [3.63, 3.8) is 0 Å². The first-order valence-electron chi connectivity index (χ1n) is 9.06. The van der Waals surface area contributed by atoms with Crippen LogP contribution < -0.4 is 5.32 Å². The van der Waals surface area contributed by atoms with E-state index in [0.29, 0.717) is 30.9 Å². The van der Waals surface area contributed by atoms with E-state index in [1.807, 2.05) is 52.8 Å². The molecule has 1 aliphatic heterocycles. The lowest BCUT2D eigenvalue weighted by Crippen LogP contribution is -2.39. The molecular weight excluding hydrogens is 344 g/mol. The van der Waals surface area contributed by atoms with Crippen LogP contribution in [0.25, 0.3) is 0 Å². The van der Waals surface area contributed by atoms with Crippen LogP contribution in [0.5, 0.6) is 0 Å². The Bertz CT molecular complexity index is 880. The van der Waals surface area contributed by atoms with Gasteiger partial charge >= 0.3 is 6.09 Å². The summed E-state index contributed by atoms with van der Waals surface area (Å²) in [7, 11) is 0. The minimum atomic E-state index is -0.531. The Morgan fingerprint density at radius 3 is 2.67 bits per heavy atom. The standard InChI is InChI=1S/C20H26N4O3/c1-12-6-7-14(13(2)10-12)18(25)21-17-15-8-9-24(11-16(15)22-23-17)19(26)27-20(3,4)5/h6-7,10H,8-9,11H2,1-5H3,(H2,21,22,23,25). The number of benzene rings is 1. The molecule has 2 amide bonds. The van der Waals surface area contributed by atoms with Crippen LogP contribution in [-0.4, -0.2) is 39.2 Å². The van der Waals surface area contributed by atoms with Crippen molar-refractivity contribution in [2.45, 2.75) is 53.2 Å². The number of fused-ring (bicyclic) bond motifs is 1. The number of H-pyrrole nitrogens is 1. The van der Waals surface area contributed by atoms with E-state index in [9.17, 15) is 9.59 Å². The van der Waals surface area contributed by atoms with Crippen molar-refractivity contribution in [3.05, 3.63) is 46.1 Å². The lowest BCUT2D eigenvalue weighted by molar-refractivity contribution is 0.0221. The third-order valence-electron chi connectivity index (χ3n) is 4.44. The van der Waals surface area contributed by atoms with E-state index in [1.165, 1.54) is 0 Å². The number of ether oxygens (including phenoxy) is 1. The Kier molecular flexibility index (Phi) is 4.95. The highest BCUT2D eigenvalue weighted by atomic mass is 16.6. The van der Waals surface area contributed by atoms with Gasteiger partial charge in [0.25, 0.3) is 5.91 Å². The fraction of sp³-hybridized carbons (Fsp3) is 0.450. The molecule has 1 aromatic heterocycles. The Balaban J connectivity index is 1.71. The number of amides is 2. The molecule has 7 nitrogen and oxygen atoms in total. The summed E-state index contributed by atoms with van der Waals surface area (Å²) in [5, 5.41) is 10.1. The van der Waals surface area contributed by atoms with Crippen molar-refractivity contribution >= 4 is 17.8 Å². The number of anilines is 1. The first kappa shape index (κ1) is 18.9. The monoisotopic (exact) mass is 370 g/mol. The molecular formula is C20H26N4O3. The van der Waals surface area contributed by atoms with Crippen LogP contribution in [0.4, 0.5) is 10.6 Å². The molecule has 0 aliphatic carbocycles. The smallest absolute Gasteiger partial charge is 0.410 e. The van der Waals surface area contributed by atoms with E-state index in [-0.39, 0.29) is 12.0 Å². The molecule has 0 unspecified atom stereocenters. The second-order valence-electron chi connectivity index (χ2n) is 7.95. The normalized spacial score (nSPS) is 13.9.